The Balaban J connectivity index is 1.58. The molecule has 30 heavy (non-hydrogen) atoms. The molecular formula is C25H42O5. The Bertz CT molecular complexity index is 666. The van der Waals surface area contributed by atoms with Crippen molar-refractivity contribution >= 4 is 5.97 Å². The van der Waals surface area contributed by atoms with Gasteiger partial charge in [-0.1, -0.05) is 20.8 Å². The molecule has 4 aliphatic rings. The van der Waals surface area contributed by atoms with Crippen LogP contribution in [0.2, 0.25) is 0 Å². The fraction of sp³-hybridized carbons (Fsp3) is 0.960. The number of carbonyl (C=O) groups is 1. The molecule has 0 saturated heterocycles. The van der Waals surface area contributed by atoms with Gasteiger partial charge in [0.15, 0.2) is 0 Å². The first-order chi connectivity index (χ1) is 14.1. The van der Waals surface area contributed by atoms with Gasteiger partial charge in [-0.3, -0.25) is 4.79 Å². The quantitative estimate of drug-likeness (QED) is 0.602. The van der Waals surface area contributed by atoms with Crippen LogP contribution in [-0.4, -0.2) is 46.2 Å². The molecule has 0 aromatic heterocycles. The van der Waals surface area contributed by atoms with Gasteiger partial charge in [0, 0.05) is 6.42 Å². The molecule has 0 bridgehead atoms. The van der Waals surface area contributed by atoms with Crippen LogP contribution in [0, 0.1) is 40.4 Å². The van der Waals surface area contributed by atoms with Crippen LogP contribution < -0.4 is 0 Å². The monoisotopic (exact) mass is 422 g/mol. The van der Waals surface area contributed by atoms with Gasteiger partial charge in [0.25, 0.3) is 0 Å². The van der Waals surface area contributed by atoms with Crippen LogP contribution in [0.25, 0.3) is 0 Å². The third-order valence-corrected chi connectivity index (χ3v) is 10.6. The third-order valence-electron chi connectivity index (χ3n) is 10.6. The Morgan fingerprint density at radius 1 is 1.03 bits per heavy atom. The van der Waals surface area contributed by atoms with Crippen LogP contribution in [0.4, 0.5) is 0 Å². The standard InChI is InChI=1S/C25H42O5/c1-15(5-6-22(28)30-4)17-9-12-25(29)19-14-21(27)20-13-16(26)7-10-23(20,2)18(19)8-11-24(17,25)3/h15-21,26-27,29H,5-14H2,1-4H3/t15-,16-,17-,18+,19-,20+,21+,23-,24-,25-/m1/s1. The normalized spacial score (nSPS) is 51.4. The first-order valence-electron chi connectivity index (χ1n) is 12.2. The van der Waals surface area contributed by atoms with Crippen molar-refractivity contribution in [3.63, 3.8) is 0 Å². The molecule has 0 aromatic rings. The molecule has 0 spiro atoms. The average molecular weight is 423 g/mol. The van der Waals surface area contributed by atoms with Gasteiger partial charge in [-0.15, -0.1) is 0 Å². The van der Waals surface area contributed by atoms with Crippen molar-refractivity contribution in [3.05, 3.63) is 0 Å². The zero-order valence-corrected chi connectivity index (χ0v) is 19.3. The topological polar surface area (TPSA) is 87.0 Å². The summed E-state index contributed by atoms with van der Waals surface area (Å²) >= 11 is 0. The molecule has 0 amide bonds. The number of rotatable bonds is 4. The smallest absolute Gasteiger partial charge is 0.305 e. The molecule has 0 heterocycles. The van der Waals surface area contributed by atoms with Crippen molar-refractivity contribution in [2.45, 2.75) is 103 Å². The van der Waals surface area contributed by atoms with E-state index in [1.54, 1.807) is 0 Å². The van der Waals surface area contributed by atoms with E-state index in [1.807, 2.05) is 0 Å². The van der Waals surface area contributed by atoms with E-state index >= 15 is 0 Å². The van der Waals surface area contributed by atoms with Crippen molar-refractivity contribution in [2.24, 2.45) is 40.4 Å². The predicted molar refractivity (Wildman–Crippen MR) is 114 cm³/mol. The highest BCUT2D eigenvalue weighted by Gasteiger charge is 2.68. The number of esters is 1. The van der Waals surface area contributed by atoms with Crippen LogP contribution in [0.3, 0.4) is 0 Å². The van der Waals surface area contributed by atoms with E-state index in [2.05, 4.69) is 20.8 Å². The molecule has 5 heteroatoms. The van der Waals surface area contributed by atoms with Crippen LogP contribution >= 0.6 is 0 Å². The highest BCUT2D eigenvalue weighted by atomic mass is 16.5. The average Bonchev–Trinajstić information content (AvgIpc) is 2.99. The van der Waals surface area contributed by atoms with Crippen molar-refractivity contribution in [1.82, 2.24) is 0 Å². The Hall–Kier alpha value is -0.650. The molecule has 10 atom stereocenters. The third kappa shape index (κ3) is 3.17. The summed E-state index contributed by atoms with van der Waals surface area (Å²) in [6.07, 6.45) is 7.53. The van der Waals surface area contributed by atoms with E-state index in [9.17, 15) is 20.1 Å². The molecular weight excluding hydrogens is 380 g/mol. The lowest BCUT2D eigenvalue weighted by atomic mass is 9.42. The lowest BCUT2D eigenvalue weighted by Gasteiger charge is -2.64. The van der Waals surface area contributed by atoms with Crippen LogP contribution in [-0.2, 0) is 9.53 Å². The number of hydrogen-bond acceptors (Lipinski definition) is 5. The molecule has 4 saturated carbocycles. The summed E-state index contributed by atoms with van der Waals surface area (Å²) in [5.74, 6) is 1.29. The molecule has 0 aliphatic heterocycles. The Labute approximate surface area is 181 Å². The predicted octanol–water partition coefficient (Wildman–Crippen LogP) is 3.68. The van der Waals surface area contributed by atoms with Gasteiger partial charge < -0.3 is 20.1 Å². The summed E-state index contributed by atoms with van der Waals surface area (Å²) < 4.78 is 4.83. The number of fused-ring (bicyclic) bond motifs is 5. The minimum atomic E-state index is -0.745. The Morgan fingerprint density at radius 3 is 2.47 bits per heavy atom. The number of aliphatic hydroxyl groups excluding tert-OH is 2. The second kappa shape index (κ2) is 7.74. The zero-order chi connectivity index (χ0) is 21.9. The van der Waals surface area contributed by atoms with Gasteiger partial charge in [0.05, 0.1) is 24.9 Å². The Morgan fingerprint density at radius 2 is 1.77 bits per heavy atom. The van der Waals surface area contributed by atoms with Gasteiger partial charge in [-0.2, -0.15) is 0 Å². The number of ether oxygens (including phenoxy) is 1. The SMILES string of the molecule is COC(=O)CC[C@@H](C)[C@H]1CC[C@@]2(O)[C@@H]3C[C@H](O)[C@@H]4C[C@H](O)CC[C@]4(C)[C@H]3CC[C@]12C. The van der Waals surface area contributed by atoms with E-state index in [0.717, 1.165) is 44.9 Å². The van der Waals surface area contributed by atoms with Crippen molar-refractivity contribution < 1.29 is 24.9 Å². The minimum absolute atomic E-state index is 0.00715. The van der Waals surface area contributed by atoms with Gasteiger partial charge in [-0.25, -0.2) is 0 Å². The maximum Gasteiger partial charge on any atom is 0.305 e. The summed E-state index contributed by atoms with van der Waals surface area (Å²) in [6.45, 7) is 6.83. The highest BCUT2D eigenvalue weighted by Crippen LogP contribution is 2.69. The lowest BCUT2D eigenvalue weighted by molar-refractivity contribution is -0.234. The molecule has 3 N–H and O–H groups in total. The maximum absolute atomic E-state index is 12.2. The summed E-state index contributed by atoms with van der Waals surface area (Å²) in [7, 11) is 1.44. The summed E-state index contributed by atoms with van der Waals surface area (Å²) in [5.41, 5.74) is -0.904. The molecule has 5 nitrogen and oxygen atoms in total. The van der Waals surface area contributed by atoms with E-state index < -0.39 is 11.7 Å². The van der Waals surface area contributed by atoms with Gasteiger partial charge in [0.2, 0.25) is 0 Å². The number of hydrogen-bond donors (Lipinski definition) is 3. The second-order valence-corrected chi connectivity index (χ2v) is 11.7. The molecule has 4 rings (SSSR count). The molecule has 172 valence electrons. The molecule has 0 radical (unpaired) electrons. The first-order valence-corrected chi connectivity index (χ1v) is 12.2. The lowest BCUT2D eigenvalue weighted by Crippen LogP contribution is -2.65. The molecule has 0 unspecified atom stereocenters. The minimum Gasteiger partial charge on any atom is -0.469 e. The van der Waals surface area contributed by atoms with E-state index in [1.165, 1.54) is 7.11 Å². The van der Waals surface area contributed by atoms with E-state index in [-0.39, 0.29) is 34.7 Å². The maximum atomic E-state index is 12.2. The summed E-state index contributed by atoms with van der Waals surface area (Å²) in [6, 6.07) is 0. The van der Waals surface area contributed by atoms with Gasteiger partial charge in [-0.05, 0) is 98.2 Å². The van der Waals surface area contributed by atoms with Gasteiger partial charge >= 0.3 is 5.97 Å². The van der Waals surface area contributed by atoms with Crippen LogP contribution in [0.15, 0.2) is 0 Å². The molecule has 4 aliphatic carbocycles. The van der Waals surface area contributed by atoms with Crippen molar-refractivity contribution in [3.8, 4) is 0 Å². The number of methoxy groups -OCH3 is 1. The number of aliphatic hydroxyl groups is 3. The molecule has 0 aromatic carbocycles. The fourth-order valence-corrected chi connectivity index (χ4v) is 8.84. The number of carbonyl (C=O) groups excluding carboxylic acids is 1. The zero-order valence-electron chi connectivity index (χ0n) is 19.3. The fourth-order valence-electron chi connectivity index (χ4n) is 8.84. The largest absolute Gasteiger partial charge is 0.469 e. The van der Waals surface area contributed by atoms with E-state index in [0.29, 0.717) is 37.0 Å². The van der Waals surface area contributed by atoms with E-state index in [4.69, 9.17) is 4.74 Å². The summed E-state index contributed by atoms with van der Waals surface area (Å²) in [4.78, 5) is 11.7. The van der Waals surface area contributed by atoms with Crippen molar-refractivity contribution in [2.75, 3.05) is 7.11 Å². The van der Waals surface area contributed by atoms with Crippen molar-refractivity contribution in [1.29, 1.82) is 0 Å². The summed E-state index contributed by atoms with van der Waals surface area (Å²) in [5, 5.41) is 33.6. The second-order valence-electron chi connectivity index (χ2n) is 11.7. The highest BCUT2D eigenvalue weighted by molar-refractivity contribution is 5.69. The van der Waals surface area contributed by atoms with Crippen LogP contribution in [0.1, 0.15) is 85.0 Å². The first kappa shape index (κ1) is 22.5. The molecule has 4 fully saturated rings. The Kier molecular flexibility index (Phi) is 5.81. The van der Waals surface area contributed by atoms with Gasteiger partial charge in [0.1, 0.15) is 0 Å². The van der Waals surface area contributed by atoms with Crippen LogP contribution in [0.5, 0.6) is 0 Å².